The van der Waals surface area contributed by atoms with Gasteiger partial charge in [-0.2, -0.15) is 0 Å². The summed E-state index contributed by atoms with van der Waals surface area (Å²) in [5.41, 5.74) is 7.03. The molecule has 5 heteroatoms. The lowest BCUT2D eigenvalue weighted by atomic mass is 9.84. The van der Waals surface area contributed by atoms with Crippen molar-refractivity contribution >= 4 is 5.91 Å². The van der Waals surface area contributed by atoms with Crippen molar-refractivity contribution in [3.05, 3.63) is 23.8 Å². The highest BCUT2D eigenvalue weighted by Crippen LogP contribution is 2.32. The highest BCUT2D eigenvalue weighted by Gasteiger charge is 2.27. The molecule has 1 aliphatic heterocycles. The molecular formula is C15H20N2O3. The average molecular weight is 276 g/mol. The van der Waals surface area contributed by atoms with Gasteiger partial charge in [0.05, 0.1) is 5.92 Å². The zero-order chi connectivity index (χ0) is 13.9. The van der Waals surface area contributed by atoms with Crippen LogP contribution >= 0.6 is 0 Å². The standard InChI is InChI=1S/C15H20N2O3/c16-12-4-2-1-3-11(12)15(18)17-8-10-5-6-13-14(7-10)20-9-19-13/h5-7,11-12H,1-4,8-9,16H2,(H,17,18). The summed E-state index contributed by atoms with van der Waals surface area (Å²) in [6, 6.07) is 5.72. The second-order valence-electron chi connectivity index (χ2n) is 5.46. The minimum absolute atomic E-state index is 0.000467. The molecule has 0 spiro atoms. The molecule has 0 saturated heterocycles. The highest BCUT2D eigenvalue weighted by atomic mass is 16.7. The maximum Gasteiger partial charge on any atom is 0.231 e. The molecule has 1 saturated carbocycles. The van der Waals surface area contributed by atoms with Gasteiger partial charge in [-0.15, -0.1) is 0 Å². The minimum atomic E-state index is -0.0437. The van der Waals surface area contributed by atoms with Crippen molar-refractivity contribution in [1.82, 2.24) is 5.32 Å². The fourth-order valence-corrected chi connectivity index (χ4v) is 2.86. The fraction of sp³-hybridized carbons (Fsp3) is 0.533. The van der Waals surface area contributed by atoms with Crippen LogP contribution in [0.15, 0.2) is 18.2 Å². The molecule has 2 aliphatic rings. The van der Waals surface area contributed by atoms with Crippen LogP contribution < -0.4 is 20.5 Å². The summed E-state index contributed by atoms with van der Waals surface area (Å²) in [6.07, 6.45) is 4.07. The molecule has 2 unspecified atom stereocenters. The Morgan fingerprint density at radius 2 is 2.05 bits per heavy atom. The topological polar surface area (TPSA) is 73.6 Å². The van der Waals surface area contributed by atoms with Gasteiger partial charge in [-0.1, -0.05) is 18.9 Å². The number of carbonyl (C=O) groups is 1. The van der Waals surface area contributed by atoms with Crippen LogP contribution in [0.3, 0.4) is 0 Å². The SMILES string of the molecule is NC1CCCCC1C(=O)NCc1ccc2c(c1)OCO2. The summed E-state index contributed by atoms with van der Waals surface area (Å²) >= 11 is 0. The van der Waals surface area contributed by atoms with Gasteiger partial charge in [-0.05, 0) is 30.5 Å². The van der Waals surface area contributed by atoms with Crippen molar-refractivity contribution in [3.63, 3.8) is 0 Å². The van der Waals surface area contributed by atoms with E-state index in [4.69, 9.17) is 15.2 Å². The Bertz CT molecular complexity index is 504. The Morgan fingerprint density at radius 3 is 2.90 bits per heavy atom. The normalized spacial score (nSPS) is 24.4. The first-order valence-electron chi connectivity index (χ1n) is 7.16. The van der Waals surface area contributed by atoms with E-state index in [1.165, 1.54) is 0 Å². The largest absolute Gasteiger partial charge is 0.454 e. The number of benzene rings is 1. The van der Waals surface area contributed by atoms with Crippen molar-refractivity contribution in [1.29, 1.82) is 0 Å². The van der Waals surface area contributed by atoms with Crippen LogP contribution in [0, 0.1) is 5.92 Å². The predicted octanol–water partition coefficient (Wildman–Crippen LogP) is 1.55. The Balaban J connectivity index is 1.57. The highest BCUT2D eigenvalue weighted by molar-refractivity contribution is 5.79. The van der Waals surface area contributed by atoms with Crippen molar-refractivity contribution in [2.24, 2.45) is 11.7 Å². The number of nitrogens with two attached hydrogens (primary N) is 1. The average Bonchev–Trinajstić information content (AvgIpc) is 2.92. The molecule has 1 amide bonds. The van der Waals surface area contributed by atoms with E-state index in [1.54, 1.807) is 0 Å². The van der Waals surface area contributed by atoms with Gasteiger partial charge in [0.2, 0.25) is 12.7 Å². The van der Waals surface area contributed by atoms with Gasteiger partial charge in [0.15, 0.2) is 11.5 Å². The minimum Gasteiger partial charge on any atom is -0.454 e. The second-order valence-corrected chi connectivity index (χ2v) is 5.46. The molecule has 0 bridgehead atoms. The van der Waals surface area contributed by atoms with Crippen LogP contribution in [0.25, 0.3) is 0 Å². The van der Waals surface area contributed by atoms with E-state index in [0.717, 1.165) is 42.7 Å². The van der Waals surface area contributed by atoms with Gasteiger partial charge < -0.3 is 20.5 Å². The van der Waals surface area contributed by atoms with Gasteiger partial charge >= 0.3 is 0 Å². The molecule has 3 N–H and O–H groups in total. The predicted molar refractivity (Wildman–Crippen MR) is 74.3 cm³/mol. The van der Waals surface area contributed by atoms with Crippen molar-refractivity contribution in [2.75, 3.05) is 6.79 Å². The van der Waals surface area contributed by atoms with E-state index in [1.807, 2.05) is 18.2 Å². The van der Waals surface area contributed by atoms with Crippen molar-refractivity contribution in [3.8, 4) is 11.5 Å². The lowest BCUT2D eigenvalue weighted by molar-refractivity contribution is -0.126. The van der Waals surface area contributed by atoms with Gasteiger partial charge in [0.25, 0.3) is 0 Å². The van der Waals surface area contributed by atoms with E-state index in [9.17, 15) is 4.79 Å². The van der Waals surface area contributed by atoms with E-state index < -0.39 is 0 Å². The van der Waals surface area contributed by atoms with E-state index in [2.05, 4.69) is 5.32 Å². The summed E-state index contributed by atoms with van der Waals surface area (Å²) in [4.78, 5) is 12.2. The first-order valence-corrected chi connectivity index (χ1v) is 7.16. The quantitative estimate of drug-likeness (QED) is 0.878. The van der Waals surface area contributed by atoms with Gasteiger partial charge in [0.1, 0.15) is 0 Å². The molecule has 1 aromatic carbocycles. The van der Waals surface area contributed by atoms with Gasteiger partial charge in [0, 0.05) is 12.6 Å². The molecule has 20 heavy (non-hydrogen) atoms. The molecule has 3 rings (SSSR count). The third kappa shape index (κ3) is 2.72. The van der Waals surface area contributed by atoms with Crippen LogP contribution in [0.2, 0.25) is 0 Å². The van der Waals surface area contributed by atoms with E-state index in [-0.39, 0.29) is 24.7 Å². The number of fused-ring (bicyclic) bond motifs is 1. The van der Waals surface area contributed by atoms with Crippen LogP contribution in [-0.2, 0) is 11.3 Å². The molecule has 0 aromatic heterocycles. The number of ether oxygens (including phenoxy) is 2. The maximum absolute atomic E-state index is 12.2. The molecule has 2 atom stereocenters. The van der Waals surface area contributed by atoms with Crippen LogP contribution in [0.4, 0.5) is 0 Å². The van der Waals surface area contributed by atoms with Gasteiger partial charge in [-0.25, -0.2) is 0 Å². The Morgan fingerprint density at radius 1 is 1.25 bits per heavy atom. The first-order chi connectivity index (χ1) is 9.74. The number of nitrogens with one attached hydrogen (secondary N) is 1. The van der Waals surface area contributed by atoms with E-state index >= 15 is 0 Å². The molecule has 1 aromatic rings. The summed E-state index contributed by atoms with van der Waals surface area (Å²) < 4.78 is 10.6. The number of hydrogen-bond acceptors (Lipinski definition) is 4. The zero-order valence-electron chi connectivity index (χ0n) is 11.4. The van der Waals surface area contributed by atoms with Crippen LogP contribution in [0.1, 0.15) is 31.2 Å². The number of carbonyl (C=O) groups excluding carboxylic acids is 1. The Hall–Kier alpha value is -1.75. The van der Waals surface area contributed by atoms with Crippen LogP contribution in [0.5, 0.6) is 11.5 Å². The third-order valence-corrected chi connectivity index (χ3v) is 4.06. The van der Waals surface area contributed by atoms with Crippen molar-refractivity contribution < 1.29 is 14.3 Å². The number of rotatable bonds is 3. The molecule has 5 nitrogen and oxygen atoms in total. The molecule has 108 valence electrons. The Labute approximate surface area is 118 Å². The van der Waals surface area contributed by atoms with Gasteiger partial charge in [-0.3, -0.25) is 4.79 Å². The smallest absolute Gasteiger partial charge is 0.231 e. The monoisotopic (exact) mass is 276 g/mol. The molecule has 1 fully saturated rings. The molecule has 1 aliphatic carbocycles. The molecule has 0 radical (unpaired) electrons. The third-order valence-electron chi connectivity index (χ3n) is 4.06. The summed E-state index contributed by atoms with van der Waals surface area (Å²) in [5.74, 6) is 1.52. The van der Waals surface area contributed by atoms with Crippen molar-refractivity contribution in [2.45, 2.75) is 38.3 Å². The zero-order valence-corrected chi connectivity index (χ0v) is 11.4. The summed E-state index contributed by atoms with van der Waals surface area (Å²) in [7, 11) is 0. The summed E-state index contributed by atoms with van der Waals surface area (Å²) in [6.45, 7) is 0.765. The second kappa shape index (κ2) is 5.71. The summed E-state index contributed by atoms with van der Waals surface area (Å²) in [5, 5.41) is 2.97. The molecule has 1 heterocycles. The van der Waals surface area contributed by atoms with Crippen LogP contribution in [-0.4, -0.2) is 18.7 Å². The van der Waals surface area contributed by atoms with E-state index in [0.29, 0.717) is 6.54 Å². The number of hydrogen-bond donors (Lipinski definition) is 2. The lowest BCUT2D eigenvalue weighted by Gasteiger charge is -2.27. The fourth-order valence-electron chi connectivity index (χ4n) is 2.86. The maximum atomic E-state index is 12.2. The molecular weight excluding hydrogens is 256 g/mol. The first kappa shape index (κ1) is 13.2. The Kier molecular flexibility index (Phi) is 3.78. The number of amides is 1. The lowest BCUT2D eigenvalue weighted by Crippen LogP contribution is -2.43.